The molecule has 0 saturated heterocycles. The van der Waals surface area contributed by atoms with Gasteiger partial charge in [-0.25, -0.2) is 4.39 Å². The van der Waals surface area contributed by atoms with E-state index in [1.807, 2.05) is 0 Å². The number of hydrogen-bond acceptors (Lipinski definition) is 5. The van der Waals surface area contributed by atoms with Gasteiger partial charge in [0.15, 0.2) is 11.5 Å². The Morgan fingerprint density at radius 2 is 1.57 bits per heavy atom. The highest BCUT2D eigenvalue weighted by Gasteiger charge is 2.15. The third-order valence-electron chi connectivity index (χ3n) is 4.34. The van der Waals surface area contributed by atoms with E-state index in [0.717, 1.165) is 5.56 Å². The predicted octanol–water partition coefficient (Wildman–Crippen LogP) is 4.68. The highest BCUT2D eigenvalue weighted by Crippen LogP contribution is 2.40. The molecule has 0 radical (unpaired) electrons. The summed E-state index contributed by atoms with van der Waals surface area (Å²) >= 11 is 0. The molecule has 0 aliphatic rings. The van der Waals surface area contributed by atoms with Crippen molar-refractivity contribution in [2.24, 2.45) is 0 Å². The Bertz CT molecular complexity index is 995. The summed E-state index contributed by atoms with van der Waals surface area (Å²) in [7, 11) is 4.52. The van der Waals surface area contributed by atoms with E-state index >= 15 is 0 Å². The number of amides is 1. The molecule has 0 saturated carbocycles. The smallest absolute Gasteiger partial charge is 0.255 e. The molecule has 0 aliphatic heterocycles. The second-order valence-corrected chi connectivity index (χ2v) is 6.31. The van der Waals surface area contributed by atoms with Gasteiger partial charge in [-0.05, 0) is 35.9 Å². The molecule has 3 aromatic rings. The van der Waals surface area contributed by atoms with Gasteiger partial charge < -0.3 is 24.3 Å². The lowest BCUT2D eigenvalue weighted by Crippen LogP contribution is -2.12. The molecule has 7 heteroatoms. The first-order valence-corrected chi connectivity index (χ1v) is 9.12. The number of nitrogens with one attached hydrogen (secondary N) is 1. The Morgan fingerprint density at radius 3 is 2.17 bits per heavy atom. The van der Waals surface area contributed by atoms with Gasteiger partial charge in [0.05, 0.1) is 21.3 Å². The highest BCUT2D eigenvalue weighted by molar-refractivity contribution is 6.04. The zero-order valence-electron chi connectivity index (χ0n) is 16.9. The average molecular weight is 411 g/mol. The fourth-order valence-electron chi connectivity index (χ4n) is 2.83. The van der Waals surface area contributed by atoms with Gasteiger partial charge in [0.25, 0.3) is 5.91 Å². The molecule has 0 unspecified atom stereocenters. The lowest BCUT2D eigenvalue weighted by Gasteiger charge is -2.15. The summed E-state index contributed by atoms with van der Waals surface area (Å²) in [6.07, 6.45) is 0. The molecule has 6 nitrogen and oxygen atoms in total. The minimum Gasteiger partial charge on any atom is -0.493 e. The number of benzene rings is 3. The summed E-state index contributed by atoms with van der Waals surface area (Å²) in [5.41, 5.74) is 1.73. The molecule has 0 fully saturated rings. The third kappa shape index (κ3) is 5.00. The number of carbonyl (C=O) groups is 1. The summed E-state index contributed by atoms with van der Waals surface area (Å²) < 4.78 is 34.6. The lowest BCUT2D eigenvalue weighted by atomic mass is 10.2. The second-order valence-electron chi connectivity index (χ2n) is 6.31. The first kappa shape index (κ1) is 21.0. The van der Waals surface area contributed by atoms with Crippen molar-refractivity contribution in [2.75, 3.05) is 26.6 Å². The maximum absolute atomic E-state index is 13.0. The Morgan fingerprint density at radius 1 is 0.900 bits per heavy atom. The van der Waals surface area contributed by atoms with E-state index in [-0.39, 0.29) is 18.3 Å². The molecular weight excluding hydrogens is 389 g/mol. The van der Waals surface area contributed by atoms with E-state index in [4.69, 9.17) is 18.9 Å². The van der Waals surface area contributed by atoms with E-state index in [2.05, 4.69) is 5.32 Å². The van der Waals surface area contributed by atoms with Gasteiger partial charge in [-0.15, -0.1) is 0 Å². The van der Waals surface area contributed by atoms with Crippen LogP contribution in [0.3, 0.4) is 0 Å². The summed E-state index contributed by atoms with van der Waals surface area (Å²) in [5, 5.41) is 2.81. The van der Waals surface area contributed by atoms with Crippen molar-refractivity contribution in [3.63, 3.8) is 0 Å². The van der Waals surface area contributed by atoms with Crippen LogP contribution in [-0.2, 0) is 6.61 Å². The van der Waals surface area contributed by atoms with Crippen molar-refractivity contribution in [3.05, 3.63) is 77.6 Å². The molecule has 1 amide bonds. The molecule has 0 heterocycles. The summed E-state index contributed by atoms with van der Waals surface area (Å²) in [4.78, 5) is 12.7. The zero-order valence-corrected chi connectivity index (χ0v) is 16.9. The van der Waals surface area contributed by atoms with Crippen molar-refractivity contribution in [1.82, 2.24) is 0 Å². The number of rotatable bonds is 8. The van der Waals surface area contributed by atoms with Gasteiger partial charge in [0, 0.05) is 23.4 Å². The van der Waals surface area contributed by atoms with Gasteiger partial charge in [-0.2, -0.15) is 0 Å². The van der Waals surface area contributed by atoms with Crippen LogP contribution < -0.4 is 24.3 Å². The lowest BCUT2D eigenvalue weighted by molar-refractivity contribution is 0.102. The van der Waals surface area contributed by atoms with Crippen LogP contribution in [-0.4, -0.2) is 27.2 Å². The van der Waals surface area contributed by atoms with Gasteiger partial charge in [-0.3, -0.25) is 4.79 Å². The Hall–Kier alpha value is -3.74. The maximum atomic E-state index is 13.0. The molecule has 3 aromatic carbocycles. The van der Waals surface area contributed by atoms with Crippen LogP contribution in [0.1, 0.15) is 15.9 Å². The molecule has 0 aromatic heterocycles. The molecule has 0 spiro atoms. The first-order valence-electron chi connectivity index (χ1n) is 9.12. The number of halogens is 1. The van der Waals surface area contributed by atoms with E-state index in [0.29, 0.717) is 34.2 Å². The Kier molecular flexibility index (Phi) is 6.75. The molecule has 3 rings (SSSR count). The van der Waals surface area contributed by atoms with Gasteiger partial charge in [-0.1, -0.05) is 18.2 Å². The fourth-order valence-corrected chi connectivity index (χ4v) is 2.83. The van der Waals surface area contributed by atoms with Gasteiger partial charge in [0.1, 0.15) is 18.2 Å². The van der Waals surface area contributed by atoms with Crippen molar-refractivity contribution < 1.29 is 28.1 Å². The van der Waals surface area contributed by atoms with E-state index in [9.17, 15) is 9.18 Å². The number of carbonyl (C=O) groups excluding carboxylic acids is 1. The van der Waals surface area contributed by atoms with Crippen LogP contribution in [0.25, 0.3) is 0 Å². The van der Waals surface area contributed by atoms with Crippen molar-refractivity contribution in [2.45, 2.75) is 6.61 Å². The molecular formula is C23H22FNO5. The SMILES string of the molecule is COc1cc(NC(=O)c2cccc(OCc3ccc(F)cc3)c2)cc(OC)c1OC. The monoisotopic (exact) mass is 411 g/mol. The number of methoxy groups -OCH3 is 3. The summed E-state index contributed by atoms with van der Waals surface area (Å²) in [6, 6.07) is 16.1. The first-order chi connectivity index (χ1) is 14.5. The Balaban J connectivity index is 1.73. The average Bonchev–Trinajstić information content (AvgIpc) is 2.78. The molecule has 0 bridgehead atoms. The largest absolute Gasteiger partial charge is 0.493 e. The van der Waals surface area contributed by atoms with E-state index in [1.54, 1.807) is 48.5 Å². The third-order valence-corrected chi connectivity index (χ3v) is 4.34. The van der Waals surface area contributed by atoms with Crippen LogP contribution in [0.5, 0.6) is 23.0 Å². The van der Waals surface area contributed by atoms with Crippen molar-refractivity contribution in [1.29, 1.82) is 0 Å². The zero-order chi connectivity index (χ0) is 21.5. The second kappa shape index (κ2) is 9.65. The normalized spacial score (nSPS) is 10.3. The van der Waals surface area contributed by atoms with Gasteiger partial charge >= 0.3 is 0 Å². The minimum absolute atomic E-state index is 0.262. The standard InChI is InChI=1S/C23H22FNO5/c1-27-20-12-18(13-21(28-2)22(20)29-3)25-23(26)16-5-4-6-19(11-16)30-14-15-7-9-17(24)10-8-15/h4-13H,14H2,1-3H3,(H,25,26). The molecule has 30 heavy (non-hydrogen) atoms. The minimum atomic E-state index is -0.323. The van der Waals surface area contributed by atoms with Gasteiger partial charge in [0.2, 0.25) is 5.75 Å². The number of anilines is 1. The topological polar surface area (TPSA) is 66.0 Å². The van der Waals surface area contributed by atoms with E-state index < -0.39 is 0 Å². The number of ether oxygens (including phenoxy) is 4. The van der Waals surface area contributed by atoms with Crippen LogP contribution in [0.15, 0.2) is 60.7 Å². The molecule has 0 aliphatic carbocycles. The summed E-state index contributed by atoms with van der Waals surface area (Å²) in [6.45, 7) is 0.262. The molecule has 0 atom stereocenters. The Labute approximate surface area is 174 Å². The van der Waals surface area contributed by atoms with Crippen LogP contribution in [0.4, 0.5) is 10.1 Å². The highest BCUT2D eigenvalue weighted by atomic mass is 19.1. The van der Waals surface area contributed by atoms with E-state index in [1.165, 1.54) is 33.5 Å². The predicted molar refractivity (Wildman–Crippen MR) is 111 cm³/mol. The fraction of sp³-hybridized carbons (Fsp3) is 0.174. The molecule has 156 valence electrons. The maximum Gasteiger partial charge on any atom is 0.255 e. The molecule has 1 N–H and O–H groups in total. The van der Waals surface area contributed by atoms with Crippen molar-refractivity contribution in [3.8, 4) is 23.0 Å². The summed E-state index contributed by atoms with van der Waals surface area (Å²) in [5.74, 6) is 1.21. The number of hydrogen-bond donors (Lipinski definition) is 1. The van der Waals surface area contributed by atoms with Crippen LogP contribution in [0, 0.1) is 5.82 Å². The van der Waals surface area contributed by atoms with Crippen LogP contribution in [0.2, 0.25) is 0 Å². The van der Waals surface area contributed by atoms with Crippen molar-refractivity contribution >= 4 is 11.6 Å². The van der Waals surface area contributed by atoms with Crippen LogP contribution >= 0.6 is 0 Å². The quantitative estimate of drug-likeness (QED) is 0.583.